The van der Waals surface area contributed by atoms with E-state index in [0.29, 0.717) is 30.1 Å². The summed E-state index contributed by atoms with van der Waals surface area (Å²) in [5, 5.41) is 15.6. The number of nitrogens with one attached hydrogen (secondary N) is 3. The number of pyridine rings is 1. The van der Waals surface area contributed by atoms with Crippen LogP contribution in [0, 0.1) is 10.8 Å². The Balaban J connectivity index is 1.48. The summed E-state index contributed by atoms with van der Waals surface area (Å²) in [5.74, 6) is 1.74. The number of likely N-dealkylation sites (tertiary alicyclic amines) is 1. The topological polar surface area (TPSA) is 108 Å². The first kappa shape index (κ1) is 24.5. The van der Waals surface area contributed by atoms with Crippen LogP contribution in [0.3, 0.4) is 0 Å². The van der Waals surface area contributed by atoms with Crippen molar-refractivity contribution in [3.05, 3.63) is 30.1 Å². The maximum Gasteiger partial charge on any atom is 0.318 e. The van der Waals surface area contributed by atoms with Gasteiger partial charge in [0.25, 0.3) is 0 Å². The average Bonchev–Trinajstić information content (AvgIpc) is 2.76. The maximum atomic E-state index is 8.78. The first-order valence-electron chi connectivity index (χ1n) is 11.7. The van der Waals surface area contributed by atoms with Crippen molar-refractivity contribution in [1.82, 2.24) is 19.9 Å². The minimum atomic E-state index is -0.0209. The maximum absolute atomic E-state index is 8.78. The van der Waals surface area contributed by atoms with Crippen molar-refractivity contribution in [2.24, 2.45) is 5.41 Å². The molecule has 0 aliphatic carbocycles. The average molecular weight is 486 g/mol. The molecule has 1 unspecified atom stereocenters. The fourth-order valence-electron chi connectivity index (χ4n) is 3.77. The van der Waals surface area contributed by atoms with Gasteiger partial charge in [0.1, 0.15) is 24.1 Å². The van der Waals surface area contributed by atoms with Crippen molar-refractivity contribution in [3.8, 4) is 6.01 Å². The number of aromatic nitrogens is 3. The number of rotatable bonds is 10. The summed E-state index contributed by atoms with van der Waals surface area (Å²) in [6, 6.07) is 4.32. The van der Waals surface area contributed by atoms with E-state index in [1.165, 1.54) is 0 Å². The molecule has 0 aromatic carbocycles. The number of hydrogen-bond acceptors (Lipinski definition) is 9. The van der Waals surface area contributed by atoms with Crippen LogP contribution in [0.25, 0.3) is 0 Å². The molecule has 1 spiro atoms. The Hall–Kier alpha value is -2.59. The third-order valence-electron chi connectivity index (χ3n) is 6.35. The molecule has 2 saturated heterocycles. The summed E-state index contributed by atoms with van der Waals surface area (Å²) in [4.78, 5) is 15.4. The van der Waals surface area contributed by atoms with Crippen LogP contribution < -0.4 is 15.4 Å². The van der Waals surface area contributed by atoms with Crippen molar-refractivity contribution < 1.29 is 9.47 Å². The number of amidine groups is 1. The second-order valence-electron chi connectivity index (χ2n) is 9.87. The summed E-state index contributed by atoms with van der Waals surface area (Å²) in [5.41, 5.74) is 1.94. The van der Waals surface area contributed by atoms with Gasteiger partial charge in [-0.2, -0.15) is 16.7 Å². The molecule has 184 valence electrons. The molecule has 2 fully saturated rings. The molecule has 3 N–H and O–H groups in total. The van der Waals surface area contributed by atoms with Crippen LogP contribution in [-0.4, -0.2) is 75.6 Å². The standard InChI is InChI=1S/C24H35N7O2S/c1-6-16(2)28-18-9-20(27-10-17(18)21(25)31-11-24(12-31)14-32-15-24)29-19-7-8-26-22(30-19)33-13-23(3,4)34-5/h7-10,16,25H,6,11-15H2,1-5H3,(H2,26,27,28,29,30). The highest BCUT2D eigenvalue weighted by Gasteiger charge is 2.50. The second kappa shape index (κ2) is 9.95. The fourth-order valence-corrected chi connectivity index (χ4v) is 3.95. The molecule has 2 aliphatic heterocycles. The van der Waals surface area contributed by atoms with E-state index in [-0.39, 0.29) is 16.2 Å². The van der Waals surface area contributed by atoms with Crippen molar-refractivity contribution in [1.29, 1.82) is 5.41 Å². The van der Waals surface area contributed by atoms with Crippen molar-refractivity contribution >= 4 is 34.9 Å². The zero-order valence-electron chi connectivity index (χ0n) is 20.6. The lowest BCUT2D eigenvalue weighted by Crippen LogP contribution is -2.67. The summed E-state index contributed by atoms with van der Waals surface area (Å²) in [6.45, 7) is 12.4. The van der Waals surface area contributed by atoms with E-state index in [4.69, 9.17) is 14.9 Å². The van der Waals surface area contributed by atoms with Gasteiger partial charge in [-0.25, -0.2) is 9.97 Å². The Kier molecular flexibility index (Phi) is 7.18. The summed E-state index contributed by atoms with van der Waals surface area (Å²) >= 11 is 1.74. The number of anilines is 3. The zero-order valence-corrected chi connectivity index (χ0v) is 21.5. The normalized spacial score (nSPS) is 17.5. The molecule has 2 aliphatic rings. The van der Waals surface area contributed by atoms with Crippen molar-refractivity contribution in [2.45, 2.75) is 44.9 Å². The van der Waals surface area contributed by atoms with Gasteiger partial charge in [-0.3, -0.25) is 5.41 Å². The minimum Gasteiger partial charge on any atom is -0.462 e. The van der Waals surface area contributed by atoms with Gasteiger partial charge in [0, 0.05) is 42.3 Å². The van der Waals surface area contributed by atoms with Crippen LogP contribution in [0.4, 0.5) is 17.3 Å². The lowest BCUT2D eigenvalue weighted by molar-refractivity contribution is -0.171. The van der Waals surface area contributed by atoms with E-state index in [0.717, 1.165) is 44.0 Å². The molecule has 2 aromatic heterocycles. The number of thioether (sulfide) groups is 1. The van der Waals surface area contributed by atoms with Gasteiger partial charge in [0.15, 0.2) is 0 Å². The first-order chi connectivity index (χ1) is 16.2. The summed E-state index contributed by atoms with van der Waals surface area (Å²) < 4.78 is 11.2. The van der Waals surface area contributed by atoms with Gasteiger partial charge in [-0.1, -0.05) is 6.92 Å². The molecule has 4 rings (SSSR count). The molecule has 0 radical (unpaired) electrons. The van der Waals surface area contributed by atoms with Gasteiger partial charge >= 0.3 is 6.01 Å². The van der Waals surface area contributed by atoms with Crippen LogP contribution >= 0.6 is 11.8 Å². The van der Waals surface area contributed by atoms with Crippen LogP contribution in [0.1, 0.15) is 39.7 Å². The van der Waals surface area contributed by atoms with Gasteiger partial charge in [-0.05, 0) is 39.5 Å². The van der Waals surface area contributed by atoms with E-state index in [9.17, 15) is 0 Å². The van der Waals surface area contributed by atoms with Gasteiger partial charge in [-0.15, -0.1) is 0 Å². The molecule has 10 heteroatoms. The number of nitrogens with zero attached hydrogens (tertiary/aromatic N) is 4. The molecular weight excluding hydrogens is 450 g/mol. The lowest BCUT2D eigenvalue weighted by atomic mass is 9.77. The van der Waals surface area contributed by atoms with E-state index in [1.807, 2.05) is 6.07 Å². The summed E-state index contributed by atoms with van der Waals surface area (Å²) in [6.07, 6.45) is 6.46. The second-order valence-corrected chi connectivity index (χ2v) is 11.4. The SMILES string of the molecule is CCC(C)Nc1cc(Nc2ccnc(OCC(C)(C)SC)n2)ncc1C(=N)N1CC2(COC2)C1. The third-order valence-corrected chi connectivity index (χ3v) is 7.57. The molecule has 4 heterocycles. The Morgan fingerprint density at radius 3 is 2.74 bits per heavy atom. The van der Waals surface area contributed by atoms with Crippen LogP contribution in [0.15, 0.2) is 24.5 Å². The Morgan fingerprint density at radius 2 is 2.09 bits per heavy atom. The summed E-state index contributed by atoms with van der Waals surface area (Å²) in [7, 11) is 0. The Labute approximate surface area is 206 Å². The highest BCUT2D eigenvalue weighted by Crippen LogP contribution is 2.39. The number of hydrogen-bond donors (Lipinski definition) is 3. The van der Waals surface area contributed by atoms with E-state index >= 15 is 0 Å². The van der Waals surface area contributed by atoms with Crippen molar-refractivity contribution in [3.63, 3.8) is 0 Å². The molecule has 34 heavy (non-hydrogen) atoms. The lowest BCUT2D eigenvalue weighted by Gasteiger charge is -2.55. The van der Waals surface area contributed by atoms with Crippen molar-refractivity contribution in [2.75, 3.05) is 49.8 Å². The molecule has 0 saturated carbocycles. The monoisotopic (exact) mass is 485 g/mol. The predicted octanol–water partition coefficient (Wildman–Crippen LogP) is 4.00. The third kappa shape index (κ3) is 5.55. The molecule has 0 bridgehead atoms. The Bertz CT molecular complexity index is 1020. The van der Waals surface area contributed by atoms with E-state index in [1.54, 1.807) is 30.2 Å². The van der Waals surface area contributed by atoms with Gasteiger partial charge < -0.3 is 25.0 Å². The smallest absolute Gasteiger partial charge is 0.318 e. The zero-order chi connectivity index (χ0) is 24.3. The molecule has 2 aromatic rings. The molecular formula is C24H35N7O2S. The molecule has 1 atom stereocenters. The minimum absolute atomic E-state index is 0.0209. The van der Waals surface area contributed by atoms with E-state index in [2.05, 4.69) is 64.4 Å². The van der Waals surface area contributed by atoms with Gasteiger partial charge in [0.05, 0.1) is 29.9 Å². The number of ether oxygens (including phenoxy) is 2. The van der Waals surface area contributed by atoms with Crippen LogP contribution in [0.2, 0.25) is 0 Å². The fraction of sp³-hybridized carbons (Fsp3) is 0.583. The predicted molar refractivity (Wildman–Crippen MR) is 138 cm³/mol. The van der Waals surface area contributed by atoms with Gasteiger partial charge in [0.2, 0.25) is 0 Å². The first-order valence-corrected chi connectivity index (χ1v) is 12.9. The molecule has 9 nitrogen and oxygen atoms in total. The highest BCUT2D eigenvalue weighted by atomic mass is 32.2. The van der Waals surface area contributed by atoms with Crippen LogP contribution in [0.5, 0.6) is 6.01 Å². The van der Waals surface area contributed by atoms with Crippen LogP contribution in [-0.2, 0) is 4.74 Å². The highest BCUT2D eigenvalue weighted by molar-refractivity contribution is 7.99. The molecule has 0 amide bonds. The van der Waals surface area contributed by atoms with E-state index < -0.39 is 0 Å². The largest absolute Gasteiger partial charge is 0.462 e. The Morgan fingerprint density at radius 1 is 1.32 bits per heavy atom. The quantitative estimate of drug-likeness (QED) is 0.340.